The van der Waals surface area contributed by atoms with E-state index >= 15 is 0 Å². The van der Waals surface area contributed by atoms with E-state index in [1.807, 2.05) is 41.5 Å². The van der Waals surface area contributed by atoms with Gasteiger partial charge in [0.2, 0.25) is 0 Å². The summed E-state index contributed by atoms with van der Waals surface area (Å²) in [5.41, 5.74) is -0.142. The van der Waals surface area contributed by atoms with Crippen molar-refractivity contribution in [1.29, 1.82) is 0 Å². The average Bonchev–Trinajstić information content (AvgIpc) is 3.19. The predicted molar refractivity (Wildman–Crippen MR) is 129 cm³/mol. The van der Waals surface area contributed by atoms with Crippen LogP contribution < -0.4 is 5.32 Å². The highest BCUT2D eigenvalue weighted by molar-refractivity contribution is 7.19. The maximum atomic E-state index is 14.5. The number of aryl methyl sites for hydroxylation is 1. The Bertz CT molecular complexity index is 1110. The van der Waals surface area contributed by atoms with Crippen LogP contribution in [0.5, 0.6) is 0 Å². The summed E-state index contributed by atoms with van der Waals surface area (Å²) in [5, 5.41) is 12.2. The van der Waals surface area contributed by atoms with Crippen molar-refractivity contribution in [1.82, 2.24) is 9.97 Å². The summed E-state index contributed by atoms with van der Waals surface area (Å²) in [5.74, 6) is -2.35. The molecule has 10 heteroatoms. The Morgan fingerprint density at radius 2 is 1.74 bits per heavy atom. The van der Waals surface area contributed by atoms with Crippen LogP contribution in [0, 0.1) is 12.7 Å². The largest absolute Gasteiger partial charge is 0.478 e. The number of nitrogens with one attached hydrogen (secondary N) is 1. The molecule has 2 N–H and O–H groups in total. The quantitative estimate of drug-likeness (QED) is 0.345. The summed E-state index contributed by atoms with van der Waals surface area (Å²) in [6, 6.07) is 5.30. The minimum absolute atomic E-state index is 0.0768. The van der Waals surface area contributed by atoms with Crippen LogP contribution in [0.2, 0.25) is 0 Å². The van der Waals surface area contributed by atoms with Gasteiger partial charge in [0.15, 0.2) is 5.13 Å². The number of hydrogen-bond acceptors (Lipinski definition) is 5. The molecule has 0 aliphatic carbocycles. The first-order valence-electron chi connectivity index (χ1n) is 10.8. The molecule has 2 heterocycles. The molecule has 0 atom stereocenters. The number of rotatable bonds is 5. The van der Waals surface area contributed by atoms with Crippen LogP contribution in [-0.2, 0) is 6.18 Å². The van der Waals surface area contributed by atoms with Crippen molar-refractivity contribution in [3.05, 3.63) is 58.7 Å². The van der Waals surface area contributed by atoms with Crippen LogP contribution in [0.3, 0.4) is 0 Å². The summed E-state index contributed by atoms with van der Waals surface area (Å²) < 4.78 is 53.2. The number of hydrogen-bond donors (Lipinski definition) is 2. The topological polar surface area (TPSA) is 75.1 Å². The van der Waals surface area contributed by atoms with E-state index in [0.29, 0.717) is 28.4 Å². The number of pyridine rings is 1. The highest BCUT2D eigenvalue weighted by Gasteiger charge is 2.33. The molecule has 0 radical (unpaired) electrons. The lowest BCUT2D eigenvalue weighted by Crippen LogP contribution is -2.11. The summed E-state index contributed by atoms with van der Waals surface area (Å²) >= 11 is 1.07. The minimum Gasteiger partial charge on any atom is -0.478 e. The lowest BCUT2D eigenvalue weighted by atomic mass is 10.0. The van der Waals surface area contributed by atoms with E-state index in [1.165, 1.54) is 6.07 Å². The van der Waals surface area contributed by atoms with Crippen LogP contribution in [0.1, 0.15) is 74.6 Å². The first-order valence-corrected chi connectivity index (χ1v) is 11.6. The zero-order valence-electron chi connectivity index (χ0n) is 20.1. The van der Waals surface area contributed by atoms with Gasteiger partial charge in [0, 0.05) is 11.8 Å². The van der Waals surface area contributed by atoms with Gasteiger partial charge in [-0.3, -0.25) is 0 Å². The SMILES string of the molecule is CC.CC.Cc1ccc(-c2sc(Nc3ncc(C(F)(F)F)cc3C(=O)O)nc2C(C)C)c(F)c1. The molecule has 0 spiro atoms. The molecule has 5 nitrogen and oxygen atoms in total. The molecule has 186 valence electrons. The van der Waals surface area contributed by atoms with Crippen molar-refractivity contribution >= 4 is 28.3 Å². The molecular weight excluding hydrogens is 470 g/mol. The monoisotopic (exact) mass is 499 g/mol. The summed E-state index contributed by atoms with van der Waals surface area (Å²) in [6.07, 6.45) is -4.18. The molecule has 3 aromatic rings. The molecule has 0 unspecified atom stereocenters. The van der Waals surface area contributed by atoms with Gasteiger partial charge in [-0.15, -0.1) is 0 Å². The van der Waals surface area contributed by atoms with Crippen molar-refractivity contribution in [2.24, 2.45) is 0 Å². The third-order valence-corrected chi connectivity index (χ3v) is 5.26. The van der Waals surface area contributed by atoms with Crippen molar-refractivity contribution in [3.63, 3.8) is 0 Å². The van der Waals surface area contributed by atoms with Gasteiger partial charge in [-0.2, -0.15) is 13.2 Å². The van der Waals surface area contributed by atoms with Gasteiger partial charge in [0.1, 0.15) is 17.2 Å². The number of carbonyl (C=O) groups is 1. The lowest BCUT2D eigenvalue weighted by Gasteiger charge is -2.10. The Morgan fingerprint density at radius 3 is 2.24 bits per heavy atom. The Hall–Kier alpha value is -3.01. The molecule has 0 saturated heterocycles. The fraction of sp³-hybridized carbons (Fsp3) is 0.375. The molecule has 3 rings (SSSR count). The number of benzene rings is 1. The number of aromatic carboxylic acids is 1. The third kappa shape index (κ3) is 6.99. The number of anilines is 2. The summed E-state index contributed by atoms with van der Waals surface area (Å²) in [4.78, 5) is 20.0. The van der Waals surface area contributed by atoms with E-state index < -0.39 is 29.1 Å². The highest BCUT2D eigenvalue weighted by Crippen LogP contribution is 2.39. The molecule has 0 amide bonds. The number of nitrogens with zero attached hydrogens (tertiary/aromatic N) is 2. The van der Waals surface area contributed by atoms with Crippen LogP contribution >= 0.6 is 11.3 Å². The number of alkyl halides is 3. The predicted octanol–water partition coefficient (Wildman–Crippen LogP) is 8.29. The molecule has 0 saturated carbocycles. The van der Waals surface area contributed by atoms with E-state index in [9.17, 15) is 27.5 Å². The van der Waals surface area contributed by atoms with E-state index in [-0.39, 0.29) is 16.9 Å². The summed E-state index contributed by atoms with van der Waals surface area (Å²) in [7, 11) is 0. The van der Waals surface area contributed by atoms with Gasteiger partial charge in [0.25, 0.3) is 0 Å². The molecule has 0 fully saturated rings. The van der Waals surface area contributed by atoms with E-state index in [1.54, 1.807) is 19.1 Å². The second-order valence-electron chi connectivity index (χ2n) is 6.92. The number of carboxylic acid groups (broad SMARTS) is 1. The molecule has 34 heavy (non-hydrogen) atoms. The maximum Gasteiger partial charge on any atom is 0.417 e. The molecule has 0 aliphatic heterocycles. The standard InChI is InChI=1S/C20H17F4N3O2S.2C2H6/c1-9(2)15-16(12-5-4-10(3)6-14(12)21)30-19(26-15)27-17-13(18(28)29)7-11(8-25-17)20(22,23)24;2*1-2/h4-9H,1-3H3,(H,28,29)(H,25,26,27);2*1-2H3. The lowest BCUT2D eigenvalue weighted by molar-refractivity contribution is -0.137. The Morgan fingerprint density at radius 1 is 1.12 bits per heavy atom. The minimum atomic E-state index is -4.72. The molecular formula is C24H29F4N3O2S. The highest BCUT2D eigenvalue weighted by atomic mass is 32.1. The van der Waals surface area contributed by atoms with Gasteiger partial charge < -0.3 is 10.4 Å². The zero-order chi connectivity index (χ0) is 26.2. The second-order valence-corrected chi connectivity index (χ2v) is 7.92. The van der Waals surface area contributed by atoms with Gasteiger partial charge in [0.05, 0.1) is 16.1 Å². The maximum absolute atomic E-state index is 14.5. The fourth-order valence-corrected chi connectivity index (χ4v) is 3.90. The average molecular weight is 500 g/mol. The van der Waals surface area contributed by atoms with Crippen molar-refractivity contribution in [2.45, 2.75) is 60.6 Å². The Balaban J connectivity index is 0.00000137. The van der Waals surface area contributed by atoms with Crippen molar-refractivity contribution in [3.8, 4) is 10.4 Å². The molecule has 0 aliphatic rings. The van der Waals surface area contributed by atoms with Gasteiger partial charge >= 0.3 is 12.1 Å². The fourth-order valence-electron chi connectivity index (χ4n) is 2.76. The van der Waals surface area contributed by atoms with Crippen molar-refractivity contribution in [2.75, 3.05) is 5.32 Å². The Labute approximate surface area is 200 Å². The van der Waals surface area contributed by atoms with Crippen LogP contribution in [0.4, 0.5) is 28.5 Å². The normalized spacial score (nSPS) is 10.7. The number of aromatic nitrogens is 2. The van der Waals surface area contributed by atoms with Gasteiger partial charge in [-0.1, -0.05) is 65.0 Å². The number of halogens is 4. The third-order valence-electron chi connectivity index (χ3n) is 4.24. The summed E-state index contributed by atoms with van der Waals surface area (Å²) in [6.45, 7) is 13.5. The second kappa shape index (κ2) is 12.5. The van der Waals surface area contributed by atoms with E-state index in [0.717, 1.165) is 16.9 Å². The molecule has 2 aromatic heterocycles. The zero-order valence-corrected chi connectivity index (χ0v) is 21.0. The smallest absolute Gasteiger partial charge is 0.417 e. The first-order chi connectivity index (χ1) is 16.0. The van der Waals surface area contributed by atoms with Gasteiger partial charge in [-0.05, 0) is 30.5 Å². The molecule has 1 aromatic carbocycles. The van der Waals surface area contributed by atoms with Gasteiger partial charge in [-0.25, -0.2) is 19.2 Å². The number of carboxylic acids is 1. The van der Waals surface area contributed by atoms with E-state index in [4.69, 9.17) is 0 Å². The van der Waals surface area contributed by atoms with Crippen LogP contribution in [0.15, 0.2) is 30.5 Å². The molecule has 0 bridgehead atoms. The number of thiazole rings is 1. The first kappa shape index (κ1) is 29.0. The van der Waals surface area contributed by atoms with Crippen molar-refractivity contribution < 1.29 is 27.5 Å². The van der Waals surface area contributed by atoms with Crippen LogP contribution in [0.25, 0.3) is 10.4 Å². The van der Waals surface area contributed by atoms with E-state index in [2.05, 4.69) is 15.3 Å². The Kier molecular flexibility index (Phi) is 10.6. The van der Waals surface area contributed by atoms with Crippen LogP contribution in [-0.4, -0.2) is 21.0 Å².